The van der Waals surface area contributed by atoms with E-state index >= 15 is 0 Å². The third kappa shape index (κ3) is 6.24. The molecule has 1 aromatic carbocycles. The van der Waals surface area contributed by atoms with Gasteiger partial charge in [0, 0.05) is 69.5 Å². The number of anilines is 2. The number of rotatable bonds is 6. The van der Waals surface area contributed by atoms with Crippen molar-refractivity contribution < 1.29 is 13.2 Å². The van der Waals surface area contributed by atoms with Gasteiger partial charge >= 0.3 is 0 Å². The number of benzene rings is 1. The number of hydrogen-bond acceptors (Lipinski definition) is 9. The Morgan fingerprint density at radius 1 is 1.11 bits per heavy atom. The van der Waals surface area contributed by atoms with Crippen LogP contribution in [0.3, 0.4) is 0 Å². The molecule has 2 aromatic heterocycles. The molecule has 0 bridgehead atoms. The van der Waals surface area contributed by atoms with Crippen LogP contribution < -0.4 is 15.5 Å². The monoisotopic (exact) mass is 531 g/mol. The average Bonchev–Trinajstić information content (AvgIpc) is 3.15. The van der Waals surface area contributed by atoms with Gasteiger partial charge in [0.2, 0.25) is 10.0 Å². The summed E-state index contributed by atoms with van der Waals surface area (Å²) in [6, 6.07) is 10.2. The number of fused-ring (bicyclic) bond motifs is 1. The molecule has 1 atom stereocenters. The van der Waals surface area contributed by atoms with Gasteiger partial charge in [-0.05, 0) is 24.6 Å². The summed E-state index contributed by atoms with van der Waals surface area (Å²) in [4.78, 5) is 16.1. The molecule has 36 heavy (non-hydrogen) atoms. The summed E-state index contributed by atoms with van der Waals surface area (Å²) in [5.41, 5.74) is 4.38. The van der Waals surface area contributed by atoms with E-state index in [-0.39, 0.29) is 19.6 Å². The van der Waals surface area contributed by atoms with Crippen LogP contribution >= 0.6 is 13.5 Å². The van der Waals surface area contributed by atoms with Crippen LogP contribution in [0.2, 0.25) is 0 Å². The molecule has 194 valence electrons. The highest BCUT2D eigenvalue weighted by Gasteiger charge is 2.21. The number of ether oxygens (including phenoxy) is 1. The first-order valence-electron chi connectivity index (χ1n) is 12.0. The van der Waals surface area contributed by atoms with Gasteiger partial charge < -0.3 is 20.3 Å². The molecule has 4 heterocycles. The van der Waals surface area contributed by atoms with E-state index in [1.54, 1.807) is 16.7 Å². The second kappa shape index (κ2) is 11.7. The van der Waals surface area contributed by atoms with Crippen LogP contribution in [0.4, 0.5) is 11.5 Å². The highest BCUT2D eigenvalue weighted by Crippen LogP contribution is 2.28. The number of aromatic nitrogens is 3. The summed E-state index contributed by atoms with van der Waals surface area (Å²) < 4.78 is 31.2. The molecule has 0 amide bonds. The fourth-order valence-corrected chi connectivity index (χ4v) is 5.41. The number of morpholine rings is 1. The van der Waals surface area contributed by atoms with Gasteiger partial charge in [-0.3, -0.25) is 4.98 Å². The summed E-state index contributed by atoms with van der Waals surface area (Å²) in [7, 11) is -3.16. The van der Waals surface area contributed by atoms with Gasteiger partial charge in [-0.15, -0.1) is 0 Å². The quantitative estimate of drug-likeness (QED) is 0.491. The summed E-state index contributed by atoms with van der Waals surface area (Å²) in [6.45, 7) is 5.57. The Morgan fingerprint density at radius 3 is 2.67 bits per heavy atom. The molecule has 2 aliphatic heterocycles. The van der Waals surface area contributed by atoms with E-state index in [2.05, 4.69) is 49.8 Å². The second-order valence-electron chi connectivity index (χ2n) is 8.91. The maximum atomic E-state index is 11.9. The number of nitrogens with zero attached hydrogens (tertiary/aromatic N) is 5. The Hall–Kier alpha value is -2.51. The van der Waals surface area contributed by atoms with Crippen molar-refractivity contribution >= 4 is 46.1 Å². The summed E-state index contributed by atoms with van der Waals surface area (Å²) >= 11 is 0. The lowest BCUT2D eigenvalue weighted by Crippen LogP contribution is -2.42. The van der Waals surface area contributed by atoms with E-state index in [0.717, 1.165) is 54.0 Å². The van der Waals surface area contributed by atoms with E-state index in [1.807, 2.05) is 6.07 Å². The molecule has 10 nitrogen and oxygen atoms in total. The van der Waals surface area contributed by atoms with Crippen LogP contribution in [0.25, 0.3) is 22.3 Å². The molecule has 2 N–H and O–H groups in total. The molecule has 2 fully saturated rings. The second-order valence-corrected chi connectivity index (χ2v) is 10.9. The van der Waals surface area contributed by atoms with Crippen molar-refractivity contribution in [3.63, 3.8) is 0 Å². The number of sulfonamides is 1. The molecule has 0 radical (unpaired) electrons. The van der Waals surface area contributed by atoms with Crippen molar-refractivity contribution in [2.24, 2.45) is 0 Å². The van der Waals surface area contributed by atoms with Crippen LogP contribution in [0, 0.1) is 0 Å². The molecular weight excluding hydrogens is 498 g/mol. The molecule has 2 aliphatic rings. The normalized spacial score (nSPS) is 19.5. The van der Waals surface area contributed by atoms with Crippen molar-refractivity contribution in [1.29, 1.82) is 0 Å². The van der Waals surface area contributed by atoms with Gasteiger partial charge in [0.1, 0.15) is 5.52 Å². The molecule has 12 heteroatoms. The largest absolute Gasteiger partial charge is 0.374 e. The van der Waals surface area contributed by atoms with Crippen molar-refractivity contribution in [3.8, 4) is 11.3 Å². The Morgan fingerprint density at radius 2 is 1.92 bits per heavy atom. The number of nitrogens with one attached hydrogen (secondary N) is 2. The molecule has 0 unspecified atom stereocenters. The third-order valence-electron chi connectivity index (χ3n) is 6.41. The van der Waals surface area contributed by atoms with Crippen LogP contribution in [0.15, 0.2) is 42.7 Å². The molecule has 0 aliphatic carbocycles. The highest BCUT2D eigenvalue weighted by atomic mass is 32.2. The molecule has 5 rings (SSSR count). The van der Waals surface area contributed by atoms with E-state index in [1.165, 1.54) is 6.26 Å². The lowest BCUT2D eigenvalue weighted by molar-refractivity contribution is 0.0372. The molecule has 3 aromatic rings. The SMILES string of the molecule is CS(=O)(=O)N1CCCN(c2ccc(-c3cc4nccnc4c(NC[C@@H]4CNCCO4)n3)cc2)CC1.S. The third-order valence-corrected chi connectivity index (χ3v) is 7.71. The summed E-state index contributed by atoms with van der Waals surface area (Å²) in [6.07, 6.45) is 5.52. The highest BCUT2D eigenvalue weighted by molar-refractivity contribution is 7.88. The van der Waals surface area contributed by atoms with Gasteiger partial charge in [0.05, 0.1) is 30.2 Å². The Labute approximate surface area is 219 Å². The Kier molecular flexibility index (Phi) is 8.62. The van der Waals surface area contributed by atoms with Crippen molar-refractivity contribution in [1.82, 2.24) is 24.6 Å². The molecular formula is C24H33N7O3S2. The van der Waals surface area contributed by atoms with E-state index in [4.69, 9.17) is 9.72 Å². The van der Waals surface area contributed by atoms with Crippen LogP contribution in [0.1, 0.15) is 6.42 Å². The van der Waals surface area contributed by atoms with E-state index in [0.29, 0.717) is 38.6 Å². The number of pyridine rings is 1. The zero-order valence-corrected chi connectivity index (χ0v) is 22.2. The Bertz CT molecular complexity index is 1270. The van der Waals surface area contributed by atoms with Gasteiger partial charge in [-0.1, -0.05) is 12.1 Å². The molecule has 0 saturated carbocycles. The topological polar surface area (TPSA) is 113 Å². The minimum atomic E-state index is -3.16. The standard InChI is InChI=1S/C24H31N7O3S.H2S/c1-35(32,33)31-11-2-10-30(12-13-31)19-5-3-18(4-6-19)21-15-22-23(27-8-7-26-22)24(29-21)28-17-20-16-25-9-14-34-20;/h3-8,15,20,25H,2,9-14,16-17H2,1H3,(H,28,29);1H2/t20-;/m0./s1. The fourth-order valence-electron chi connectivity index (χ4n) is 4.53. The lowest BCUT2D eigenvalue weighted by atomic mass is 10.1. The maximum Gasteiger partial charge on any atom is 0.211 e. The van der Waals surface area contributed by atoms with Gasteiger partial charge in [0.15, 0.2) is 5.82 Å². The van der Waals surface area contributed by atoms with Crippen LogP contribution in [-0.2, 0) is 14.8 Å². The van der Waals surface area contributed by atoms with Crippen LogP contribution in [0.5, 0.6) is 0 Å². The van der Waals surface area contributed by atoms with Crippen molar-refractivity contribution in [3.05, 3.63) is 42.7 Å². The fraction of sp³-hybridized carbons (Fsp3) is 0.458. The maximum absolute atomic E-state index is 11.9. The summed E-state index contributed by atoms with van der Waals surface area (Å²) in [5.74, 6) is 0.692. The minimum absolute atomic E-state index is 0. The van der Waals surface area contributed by atoms with Gasteiger partial charge in [0.25, 0.3) is 0 Å². The minimum Gasteiger partial charge on any atom is -0.374 e. The first-order chi connectivity index (χ1) is 17.0. The average molecular weight is 532 g/mol. The van der Waals surface area contributed by atoms with Gasteiger partial charge in [-0.25, -0.2) is 22.7 Å². The smallest absolute Gasteiger partial charge is 0.211 e. The molecule has 2 saturated heterocycles. The zero-order valence-electron chi connectivity index (χ0n) is 20.4. The van der Waals surface area contributed by atoms with Crippen LogP contribution in [-0.4, -0.2) is 92.5 Å². The summed E-state index contributed by atoms with van der Waals surface area (Å²) in [5, 5.41) is 6.75. The Balaban J connectivity index is 0.00000304. The lowest BCUT2D eigenvalue weighted by Gasteiger charge is -2.24. The predicted octanol–water partition coefficient (Wildman–Crippen LogP) is 1.68. The van der Waals surface area contributed by atoms with E-state index in [9.17, 15) is 8.42 Å². The van der Waals surface area contributed by atoms with Crippen molar-refractivity contribution in [2.75, 3.05) is 68.9 Å². The van der Waals surface area contributed by atoms with E-state index < -0.39 is 10.0 Å². The first kappa shape index (κ1) is 26.6. The molecule has 0 spiro atoms. The van der Waals surface area contributed by atoms with Gasteiger partial charge in [-0.2, -0.15) is 13.5 Å². The predicted molar refractivity (Wildman–Crippen MR) is 147 cm³/mol. The van der Waals surface area contributed by atoms with Crippen molar-refractivity contribution in [2.45, 2.75) is 12.5 Å². The number of hydrogen-bond donors (Lipinski definition) is 2. The zero-order chi connectivity index (χ0) is 24.3. The first-order valence-corrected chi connectivity index (χ1v) is 13.8.